The molecule has 0 bridgehead atoms. The summed E-state index contributed by atoms with van der Waals surface area (Å²) in [6.45, 7) is -0.787. The topological polar surface area (TPSA) is 244 Å². The number of carboxylic acids is 1. The van der Waals surface area contributed by atoms with Gasteiger partial charge in [0.1, 0.15) is 12.6 Å². The second kappa shape index (κ2) is 12.7. The Morgan fingerprint density at radius 3 is 2.47 bits per heavy atom. The van der Waals surface area contributed by atoms with Gasteiger partial charge in [-0.1, -0.05) is 0 Å². The quantitative estimate of drug-likeness (QED) is 0.0873. The number of aromatic amines is 1. The first kappa shape index (κ1) is 24.4. The number of aliphatic imine (C=N–C) groups is 1. The van der Waals surface area contributed by atoms with Crippen molar-refractivity contribution in [1.29, 1.82) is 0 Å². The summed E-state index contributed by atoms with van der Waals surface area (Å²) in [5.41, 5.74) is 16.9. The first-order valence-corrected chi connectivity index (χ1v) is 9.03. The number of hydrogen-bond acceptors (Lipinski definition) is 7. The van der Waals surface area contributed by atoms with Crippen LogP contribution < -0.4 is 33.2 Å². The maximum absolute atomic E-state index is 12.1. The molecule has 0 aliphatic carbocycles. The van der Waals surface area contributed by atoms with Gasteiger partial charge in [0.15, 0.2) is 5.96 Å². The van der Waals surface area contributed by atoms with E-state index in [0.29, 0.717) is 12.1 Å². The molecule has 1 heterocycles. The lowest BCUT2D eigenvalue weighted by molar-refractivity contribution is -0.138. The molecule has 2 unspecified atom stereocenters. The lowest BCUT2D eigenvalue weighted by Crippen LogP contribution is -2.51. The maximum atomic E-state index is 12.1. The van der Waals surface area contributed by atoms with Gasteiger partial charge in [0.25, 0.3) is 0 Å². The zero-order valence-electron chi connectivity index (χ0n) is 16.3. The van der Waals surface area contributed by atoms with E-state index in [1.807, 2.05) is 0 Å². The fourth-order valence-corrected chi connectivity index (χ4v) is 2.33. The van der Waals surface area contributed by atoms with E-state index in [1.165, 1.54) is 12.5 Å². The normalized spacial score (nSPS) is 12.3. The van der Waals surface area contributed by atoms with Gasteiger partial charge in [-0.3, -0.25) is 24.2 Å². The highest BCUT2D eigenvalue weighted by Gasteiger charge is 2.22. The summed E-state index contributed by atoms with van der Waals surface area (Å²) in [6.07, 6.45) is 3.70. The first-order chi connectivity index (χ1) is 14.2. The summed E-state index contributed by atoms with van der Waals surface area (Å²) in [6, 6.07) is -1.92. The van der Waals surface area contributed by atoms with Crippen LogP contribution in [0.2, 0.25) is 0 Å². The molecule has 0 fully saturated rings. The summed E-state index contributed by atoms with van der Waals surface area (Å²) >= 11 is 0. The van der Waals surface area contributed by atoms with Gasteiger partial charge in [-0.2, -0.15) is 0 Å². The van der Waals surface area contributed by atoms with Crippen LogP contribution in [0.3, 0.4) is 0 Å². The molecule has 30 heavy (non-hydrogen) atoms. The Morgan fingerprint density at radius 2 is 1.87 bits per heavy atom. The molecule has 14 heteroatoms. The van der Waals surface area contributed by atoms with Crippen molar-refractivity contribution < 1.29 is 24.3 Å². The van der Waals surface area contributed by atoms with Crippen molar-refractivity contribution in [3.05, 3.63) is 18.2 Å². The summed E-state index contributed by atoms with van der Waals surface area (Å²) in [7, 11) is 0. The van der Waals surface area contributed by atoms with Gasteiger partial charge >= 0.3 is 5.97 Å². The maximum Gasteiger partial charge on any atom is 0.322 e. The van der Waals surface area contributed by atoms with Crippen molar-refractivity contribution in [2.75, 3.05) is 19.6 Å². The smallest absolute Gasteiger partial charge is 0.322 e. The highest BCUT2D eigenvalue weighted by molar-refractivity contribution is 5.92. The van der Waals surface area contributed by atoms with Crippen LogP contribution in [0.1, 0.15) is 18.5 Å². The number of carbonyl (C=O) groups is 4. The third kappa shape index (κ3) is 10.0. The van der Waals surface area contributed by atoms with Crippen molar-refractivity contribution >= 4 is 29.7 Å². The highest BCUT2D eigenvalue weighted by atomic mass is 16.4. The molecular weight excluding hydrogens is 398 g/mol. The Labute approximate surface area is 172 Å². The molecule has 0 spiro atoms. The van der Waals surface area contributed by atoms with Gasteiger partial charge in [0.05, 0.1) is 18.9 Å². The second-order valence-electron chi connectivity index (χ2n) is 6.29. The summed E-state index contributed by atoms with van der Waals surface area (Å²) in [4.78, 5) is 57.3. The average Bonchev–Trinajstić information content (AvgIpc) is 3.19. The number of hydrogen-bond donors (Lipinski definition) is 8. The lowest BCUT2D eigenvalue weighted by atomic mass is 10.1. The van der Waals surface area contributed by atoms with Gasteiger partial charge in [-0.15, -0.1) is 0 Å². The van der Waals surface area contributed by atoms with Crippen LogP contribution in [0.25, 0.3) is 0 Å². The van der Waals surface area contributed by atoms with Crippen LogP contribution in [0.4, 0.5) is 0 Å². The van der Waals surface area contributed by atoms with Gasteiger partial charge in [0.2, 0.25) is 17.7 Å². The van der Waals surface area contributed by atoms with E-state index in [2.05, 4.69) is 30.9 Å². The number of amides is 3. The van der Waals surface area contributed by atoms with Gasteiger partial charge < -0.3 is 43.2 Å². The molecule has 1 rings (SSSR count). The van der Waals surface area contributed by atoms with Crippen LogP contribution in [-0.4, -0.2) is 76.4 Å². The molecule has 0 aliphatic rings. The molecule has 2 atom stereocenters. The zero-order valence-corrected chi connectivity index (χ0v) is 16.3. The Kier molecular flexibility index (Phi) is 10.3. The van der Waals surface area contributed by atoms with Crippen molar-refractivity contribution in [1.82, 2.24) is 25.9 Å². The van der Waals surface area contributed by atoms with E-state index in [0.717, 1.165) is 0 Å². The molecule has 0 saturated carbocycles. The molecule has 0 radical (unpaired) electrons. The number of carbonyl (C=O) groups excluding carboxylic acids is 3. The third-order valence-electron chi connectivity index (χ3n) is 3.77. The SMILES string of the molecule is NC(N)=NCCCC(NC(=O)CNC(=O)C(N)Cc1cnc[nH]1)C(=O)NCC(=O)O. The number of rotatable bonds is 13. The van der Waals surface area contributed by atoms with Crippen LogP contribution in [0, 0.1) is 0 Å². The van der Waals surface area contributed by atoms with E-state index in [4.69, 9.17) is 22.3 Å². The summed E-state index contributed by atoms with van der Waals surface area (Å²) < 4.78 is 0. The van der Waals surface area contributed by atoms with E-state index >= 15 is 0 Å². The van der Waals surface area contributed by atoms with Gasteiger partial charge in [0, 0.05) is 24.9 Å². The van der Waals surface area contributed by atoms with E-state index in [1.54, 1.807) is 0 Å². The minimum Gasteiger partial charge on any atom is -0.480 e. The number of nitrogens with two attached hydrogens (primary N) is 3. The van der Waals surface area contributed by atoms with Crippen molar-refractivity contribution in [3.8, 4) is 0 Å². The monoisotopic (exact) mass is 425 g/mol. The molecule has 166 valence electrons. The first-order valence-electron chi connectivity index (χ1n) is 9.03. The Hall–Kier alpha value is -3.68. The molecule has 14 nitrogen and oxygen atoms in total. The van der Waals surface area contributed by atoms with Crippen molar-refractivity contribution in [2.24, 2.45) is 22.2 Å². The third-order valence-corrected chi connectivity index (χ3v) is 3.77. The van der Waals surface area contributed by atoms with E-state index in [9.17, 15) is 19.2 Å². The van der Waals surface area contributed by atoms with Crippen LogP contribution in [-0.2, 0) is 25.6 Å². The minimum absolute atomic E-state index is 0.111. The van der Waals surface area contributed by atoms with Crippen LogP contribution in [0.15, 0.2) is 17.5 Å². The summed E-state index contributed by atoms with van der Waals surface area (Å²) in [5, 5.41) is 15.7. The molecule has 1 aromatic heterocycles. The Morgan fingerprint density at radius 1 is 1.17 bits per heavy atom. The van der Waals surface area contributed by atoms with Crippen molar-refractivity contribution in [2.45, 2.75) is 31.3 Å². The largest absolute Gasteiger partial charge is 0.480 e. The lowest BCUT2D eigenvalue weighted by Gasteiger charge is -2.18. The van der Waals surface area contributed by atoms with E-state index in [-0.39, 0.29) is 25.3 Å². The highest BCUT2D eigenvalue weighted by Crippen LogP contribution is 1.99. The Bertz CT molecular complexity index is 746. The summed E-state index contributed by atoms with van der Waals surface area (Å²) in [5.74, 6) is -3.22. The average molecular weight is 425 g/mol. The van der Waals surface area contributed by atoms with Crippen molar-refractivity contribution in [3.63, 3.8) is 0 Å². The van der Waals surface area contributed by atoms with Crippen LogP contribution in [0.5, 0.6) is 0 Å². The predicted molar refractivity (Wildman–Crippen MR) is 106 cm³/mol. The number of aromatic nitrogens is 2. The molecule has 1 aromatic rings. The fourth-order valence-electron chi connectivity index (χ4n) is 2.33. The molecule has 0 saturated heterocycles. The number of carboxylic acid groups (broad SMARTS) is 1. The minimum atomic E-state index is -1.23. The number of nitrogens with one attached hydrogen (secondary N) is 4. The molecular formula is C16H27N9O5. The second-order valence-corrected chi connectivity index (χ2v) is 6.29. The number of H-pyrrole nitrogens is 1. The molecule has 3 amide bonds. The van der Waals surface area contributed by atoms with E-state index < -0.39 is 48.9 Å². The fraction of sp³-hybridized carbons (Fsp3) is 0.500. The molecule has 0 aromatic carbocycles. The number of guanidine groups is 1. The number of nitrogens with zero attached hydrogens (tertiary/aromatic N) is 2. The van der Waals surface area contributed by atoms with Gasteiger partial charge in [-0.25, -0.2) is 4.98 Å². The van der Waals surface area contributed by atoms with Crippen LogP contribution >= 0.6 is 0 Å². The number of aliphatic carboxylic acids is 1. The predicted octanol–water partition coefficient (Wildman–Crippen LogP) is -3.87. The Balaban J connectivity index is 2.52. The molecule has 0 aliphatic heterocycles. The molecule has 11 N–H and O–H groups in total. The van der Waals surface area contributed by atoms with Gasteiger partial charge in [-0.05, 0) is 12.8 Å². The number of imidazole rings is 1. The zero-order chi connectivity index (χ0) is 22.5. The standard InChI is InChI=1S/C16H27N9O5/c17-10(4-9-5-20-8-24-9)14(29)22-6-12(26)25-11(2-1-3-21-16(18)19)15(30)23-7-13(27)28/h5,8,10-11H,1-4,6-7,17H2,(H,20,24)(H,22,29)(H,23,30)(H,25,26)(H,27,28)(H4,18,19,21).